The number of aliphatic imine (C=N–C) groups is 1. The van der Waals surface area contributed by atoms with Gasteiger partial charge in [-0.15, -0.1) is 24.0 Å². The van der Waals surface area contributed by atoms with E-state index in [2.05, 4.69) is 15.6 Å². The van der Waals surface area contributed by atoms with Gasteiger partial charge in [-0.2, -0.15) is 0 Å². The lowest BCUT2D eigenvalue weighted by molar-refractivity contribution is 0.0513. The molecule has 7 heteroatoms. The summed E-state index contributed by atoms with van der Waals surface area (Å²) in [5.41, 5.74) is 0.844. The van der Waals surface area contributed by atoms with Crippen molar-refractivity contribution in [2.45, 2.75) is 31.7 Å². The molecule has 27 heavy (non-hydrogen) atoms. The highest BCUT2D eigenvalue weighted by atomic mass is 127. The molecule has 0 aliphatic carbocycles. The van der Waals surface area contributed by atoms with Gasteiger partial charge in [0.1, 0.15) is 18.1 Å². The Kier molecular flexibility index (Phi) is 8.56. The highest BCUT2D eigenvalue weighted by Crippen LogP contribution is 2.34. The molecule has 0 atom stereocenters. The molecule has 3 rings (SSSR count). The van der Waals surface area contributed by atoms with Crippen LogP contribution in [0, 0.1) is 5.82 Å². The van der Waals surface area contributed by atoms with Crippen LogP contribution in [0.4, 0.5) is 4.39 Å². The zero-order chi connectivity index (χ0) is 18.2. The lowest BCUT2D eigenvalue weighted by Crippen LogP contribution is -2.48. The molecular weight excluding hydrogens is 460 g/mol. The van der Waals surface area contributed by atoms with Crippen LogP contribution in [0.2, 0.25) is 0 Å². The molecule has 0 radical (unpaired) electrons. The topological polar surface area (TPSA) is 58.8 Å². The second-order valence-electron chi connectivity index (χ2n) is 6.53. The van der Waals surface area contributed by atoms with E-state index >= 15 is 0 Å². The van der Waals surface area contributed by atoms with Gasteiger partial charge >= 0.3 is 0 Å². The summed E-state index contributed by atoms with van der Waals surface area (Å²) in [5, 5.41) is 6.69. The summed E-state index contributed by atoms with van der Waals surface area (Å²) in [5.74, 6) is 1.34. The molecule has 0 amide bonds. The summed E-state index contributed by atoms with van der Waals surface area (Å²) in [7, 11) is 0. The number of guanidine groups is 1. The summed E-state index contributed by atoms with van der Waals surface area (Å²) in [4.78, 5) is 4.58. The predicted molar refractivity (Wildman–Crippen MR) is 115 cm³/mol. The third-order valence-electron chi connectivity index (χ3n) is 4.80. The van der Waals surface area contributed by atoms with Crippen molar-refractivity contribution in [2.75, 3.05) is 26.3 Å². The van der Waals surface area contributed by atoms with Gasteiger partial charge in [-0.25, -0.2) is 9.38 Å². The van der Waals surface area contributed by atoms with Gasteiger partial charge in [0.05, 0.1) is 6.26 Å². The van der Waals surface area contributed by atoms with Crippen molar-refractivity contribution in [2.24, 2.45) is 4.99 Å². The summed E-state index contributed by atoms with van der Waals surface area (Å²) in [6, 6.07) is 10.7. The molecule has 1 saturated heterocycles. The molecular formula is C20H27FIN3O2. The Morgan fingerprint density at radius 1 is 1.19 bits per heavy atom. The van der Waals surface area contributed by atoms with Gasteiger partial charge in [0.15, 0.2) is 5.96 Å². The van der Waals surface area contributed by atoms with Gasteiger partial charge in [0.25, 0.3) is 0 Å². The van der Waals surface area contributed by atoms with E-state index in [0.717, 1.165) is 36.7 Å². The normalized spacial score (nSPS) is 16.4. The SMILES string of the molecule is CCNC(=NCc1ccco1)NCC1(c2cccc(F)c2)CCOCC1.I. The van der Waals surface area contributed by atoms with Crippen LogP contribution in [0.15, 0.2) is 52.1 Å². The van der Waals surface area contributed by atoms with Gasteiger partial charge < -0.3 is 19.8 Å². The lowest BCUT2D eigenvalue weighted by atomic mass is 9.74. The van der Waals surface area contributed by atoms with Crippen molar-refractivity contribution >= 4 is 29.9 Å². The van der Waals surface area contributed by atoms with Crippen LogP contribution < -0.4 is 10.6 Å². The van der Waals surface area contributed by atoms with Crippen molar-refractivity contribution in [3.05, 3.63) is 59.8 Å². The third kappa shape index (κ3) is 5.93. The average Bonchev–Trinajstić information content (AvgIpc) is 3.18. The molecule has 148 valence electrons. The molecule has 5 nitrogen and oxygen atoms in total. The molecule has 1 aliphatic heterocycles. The maximum atomic E-state index is 13.8. The van der Waals surface area contributed by atoms with Gasteiger partial charge in [-0.05, 0) is 49.6 Å². The van der Waals surface area contributed by atoms with E-state index in [-0.39, 0.29) is 35.2 Å². The lowest BCUT2D eigenvalue weighted by Gasteiger charge is -2.38. The number of ether oxygens (including phenoxy) is 1. The molecule has 0 bridgehead atoms. The number of hydrogen-bond donors (Lipinski definition) is 2. The Bertz CT molecular complexity index is 716. The van der Waals surface area contributed by atoms with E-state index in [1.54, 1.807) is 18.4 Å². The summed E-state index contributed by atoms with van der Waals surface area (Å²) in [6.07, 6.45) is 3.34. The standard InChI is InChI=1S/C20H26FN3O2.HI/c1-2-22-19(23-14-18-7-4-10-26-18)24-15-20(8-11-25-12-9-20)16-5-3-6-17(21)13-16;/h3-7,10,13H,2,8-9,11-12,14-15H2,1H3,(H2,22,23,24);1H. The predicted octanol–water partition coefficient (Wildman–Crippen LogP) is 3.84. The van der Waals surface area contributed by atoms with Crippen LogP contribution in [0.25, 0.3) is 0 Å². The highest BCUT2D eigenvalue weighted by molar-refractivity contribution is 14.0. The van der Waals surface area contributed by atoms with Crippen molar-refractivity contribution in [1.29, 1.82) is 0 Å². The van der Waals surface area contributed by atoms with E-state index in [1.165, 1.54) is 6.07 Å². The van der Waals surface area contributed by atoms with Crippen LogP contribution in [0.5, 0.6) is 0 Å². The first-order valence-electron chi connectivity index (χ1n) is 9.10. The number of nitrogens with zero attached hydrogens (tertiary/aromatic N) is 1. The number of benzene rings is 1. The molecule has 1 aromatic carbocycles. The zero-order valence-corrected chi connectivity index (χ0v) is 17.9. The molecule has 1 aliphatic rings. The van der Waals surface area contributed by atoms with Crippen molar-refractivity contribution < 1.29 is 13.5 Å². The quantitative estimate of drug-likeness (QED) is 0.370. The molecule has 0 spiro atoms. The number of halogens is 2. The van der Waals surface area contributed by atoms with Crippen molar-refractivity contribution in [1.82, 2.24) is 10.6 Å². The largest absolute Gasteiger partial charge is 0.467 e. The number of rotatable bonds is 6. The van der Waals surface area contributed by atoms with Crippen LogP contribution in [-0.2, 0) is 16.7 Å². The fourth-order valence-electron chi connectivity index (χ4n) is 3.30. The van der Waals surface area contributed by atoms with Crippen LogP contribution in [0.1, 0.15) is 31.1 Å². The second kappa shape index (κ2) is 10.7. The van der Waals surface area contributed by atoms with E-state index in [0.29, 0.717) is 26.3 Å². The van der Waals surface area contributed by atoms with Crippen molar-refractivity contribution in [3.63, 3.8) is 0 Å². The monoisotopic (exact) mass is 487 g/mol. The molecule has 2 heterocycles. The van der Waals surface area contributed by atoms with E-state index in [1.807, 2.05) is 25.1 Å². The first kappa shape index (κ1) is 21.7. The van der Waals surface area contributed by atoms with E-state index in [4.69, 9.17) is 9.15 Å². The number of nitrogens with one attached hydrogen (secondary N) is 2. The summed E-state index contributed by atoms with van der Waals surface area (Å²) in [6.45, 7) is 5.29. The second-order valence-corrected chi connectivity index (χ2v) is 6.53. The Labute approximate surface area is 176 Å². The minimum atomic E-state index is -0.202. The van der Waals surface area contributed by atoms with E-state index in [9.17, 15) is 4.39 Å². The van der Waals surface area contributed by atoms with Crippen molar-refractivity contribution in [3.8, 4) is 0 Å². The first-order valence-corrected chi connectivity index (χ1v) is 9.10. The summed E-state index contributed by atoms with van der Waals surface area (Å²) >= 11 is 0. The van der Waals surface area contributed by atoms with Gasteiger partial charge in [-0.1, -0.05) is 12.1 Å². The van der Waals surface area contributed by atoms with Crippen LogP contribution >= 0.6 is 24.0 Å². The maximum absolute atomic E-state index is 13.8. The molecule has 0 unspecified atom stereocenters. The fraction of sp³-hybridized carbons (Fsp3) is 0.450. The number of hydrogen-bond acceptors (Lipinski definition) is 3. The Balaban J connectivity index is 0.00000261. The molecule has 0 saturated carbocycles. The Morgan fingerprint density at radius 2 is 2.00 bits per heavy atom. The molecule has 2 aromatic rings. The minimum Gasteiger partial charge on any atom is -0.467 e. The smallest absolute Gasteiger partial charge is 0.191 e. The molecule has 1 aromatic heterocycles. The Morgan fingerprint density at radius 3 is 2.67 bits per heavy atom. The number of furan rings is 1. The van der Waals surface area contributed by atoms with Gasteiger partial charge in [0, 0.05) is 31.7 Å². The third-order valence-corrected chi connectivity index (χ3v) is 4.80. The Hall–Kier alpha value is -1.61. The summed E-state index contributed by atoms with van der Waals surface area (Å²) < 4.78 is 24.7. The maximum Gasteiger partial charge on any atom is 0.191 e. The van der Waals surface area contributed by atoms with Crippen LogP contribution in [-0.4, -0.2) is 32.3 Å². The zero-order valence-electron chi connectivity index (χ0n) is 15.5. The highest BCUT2D eigenvalue weighted by Gasteiger charge is 2.34. The minimum absolute atomic E-state index is 0. The average molecular weight is 487 g/mol. The van der Waals surface area contributed by atoms with Gasteiger partial charge in [-0.3, -0.25) is 0 Å². The fourth-order valence-corrected chi connectivity index (χ4v) is 3.30. The van der Waals surface area contributed by atoms with E-state index < -0.39 is 0 Å². The van der Waals surface area contributed by atoms with Gasteiger partial charge in [0.2, 0.25) is 0 Å². The van der Waals surface area contributed by atoms with Crippen LogP contribution in [0.3, 0.4) is 0 Å². The molecule has 2 N–H and O–H groups in total. The first-order chi connectivity index (χ1) is 12.7. The molecule has 1 fully saturated rings.